The summed E-state index contributed by atoms with van der Waals surface area (Å²) < 4.78 is 0. The molecule has 7 nitrogen and oxygen atoms in total. The largest absolute Gasteiger partial charge is 0.316 e. The van der Waals surface area contributed by atoms with Crippen molar-refractivity contribution in [3.8, 4) is 0 Å². The molecule has 122 valence electrons. The second-order valence-corrected chi connectivity index (χ2v) is 5.37. The fourth-order valence-electron chi connectivity index (χ4n) is 3.03. The maximum absolute atomic E-state index is 12.1. The second kappa shape index (κ2) is 6.47. The molecule has 0 radical (unpaired) electrons. The van der Waals surface area contributed by atoms with Crippen molar-refractivity contribution in [1.82, 2.24) is 16.0 Å². The third kappa shape index (κ3) is 2.85. The molecule has 3 rings (SSSR count). The van der Waals surface area contributed by atoms with E-state index in [1.54, 1.807) is 19.2 Å². The normalized spacial score (nSPS) is 19.8. The number of carbonyl (C=O) groups excluding carboxylic acids is 4. The van der Waals surface area contributed by atoms with Crippen molar-refractivity contribution in [1.29, 1.82) is 0 Å². The van der Waals surface area contributed by atoms with E-state index in [0.717, 1.165) is 0 Å². The van der Waals surface area contributed by atoms with E-state index >= 15 is 0 Å². The lowest BCUT2D eigenvalue weighted by atomic mass is 9.84. The molecule has 1 aromatic carbocycles. The molecule has 1 fully saturated rings. The van der Waals surface area contributed by atoms with Gasteiger partial charge < -0.3 is 5.32 Å². The smallest absolute Gasteiger partial charge is 0.259 e. The fraction of sp³-hybridized carbons (Fsp3) is 0.333. The van der Waals surface area contributed by atoms with E-state index in [1.165, 1.54) is 0 Å². The summed E-state index contributed by atoms with van der Waals surface area (Å²) in [5, 5.41) is 7.55. The van der Waals surface area contributed by atoms with Crippen LogP contribution in [0.15, 0.2) is 12.1 Å². The quantitative estimate of drug-likeness (QED) is 0.685. The molecule has 3 N–H and O–H groups in total. The molecule has 0 saturated carbocycles. The summed E-state index contributed by atoms with van der Waals surface area (Å²) >= 11 is 0. The Morgan fingerprint density at radius 2 is 1.87 bits per heavy atom. The molecule has 0 bridgehead atoms. The number of hydrogen-bond donors (Lipinski definition) is 3. The van der Waals surface area contributed by atoms with Gasteiger partial charge in [-0.1, -0.05) is 6.07 Å². The maximum Gasteiger partial charge on any atom is 0.259 e. The van der Waals surface area contributed by atoms with Crippen molar-refractivity contribution >= 4 is 36.0 Å². The van der Waals surface area contributed by atoms with E-state index < -0.39 is 17.7 Å². The molecule has 1 saturated heterocycles. The standard InChI is InChI=1S/C15H15N3O4.ClH/c1-16-6-10-7(8-4-5-11(19)17-13(8)20)2-3-9-12(10)15(22)18-14(9)21;/h2-3,8,16H,4-6H2,1H3,(H,17,19,20)(H,18,21,22);1H. The van der Waals surface area contributed by atoms with Crippen LogP contribution in [0.1, 0.15) is 50.6 Å². The highest BCUT2D eigenvalue weighted by molar-refractivity contribution is 6.22. The minimum absolute atomic E-state index is 0. The van der Waals surface area contributed by atoms with Crippen LogP contribution in [0, 0.1) is 0 Å². The van der Waals surface area contributed by atoms with E-state index in [9.17, 15) is 19.2 Å². The first kappa shape index (κ1) is 17.1. The molecule has 0 aliphatic carbocycles. The number of rotatable bonds is 3. The molecule has 1 atom stereocenters. The highest BCUT2D eigenvalue weighted by atomic mass is 35.5. The molecular weight excluding hydrogens is 322 g/mol. The number of amides is 4. The van der Waals surface area contributed by atoms with Crippen LogP contribution in [0.5, 0.6) is 0 Å². The molecular formula is C15H16ClN3O4. The van der Waals surface area contributed by atoms with Gasteiger partial charge in [0.2, 0.25) is 11.8 Å². The minimum Gasteiger partial charge on any atom is -0.316 e. The van der Waals surface area contributed by atoms with E-state index in [4.69, 9.17) is 0 Å². The van der Waals surface area contributed by atoms with Crippen LogP contribution in [0.2, 0.25) is 0 Å². The molecule has 0 spiro atoms. The third-order valence-corrected chi connectivity index (χ3v) is 4.02. The van der Waals surface area contributed by atoms with E-state index in [0.29, 0.717) is 35.2 Å². The Morgan fingerprint density at radius 1 is 1.13 bits per heavy atom. The zero-order valence-electron chi connectivity index (χ0n) is 12.4. The summed E-state index contributed by atoms with van der Waals surface area (Å²) in [6.45, 7) is 0.358. The highest BCUT2D eigenvalue weighted by Crippen LogP contribution is 2.32. The number of halogens is 1. The number of imide groups is 2. The zero-order valence-corrected chi connectivity index (χ0v) is 13.2. The first-order valence-corrected chi connectivity index (χ1v) is 7.02. The van der Waals surface area contributed by atoms with Crippen molar-refractivity contribution in [2.75, 3.05) is 7.05 Å². The highest BCUT2D eigenvalue weighted by Gasteiger charge is 2.35. The lowest BCUT2D eigenvalue weighted by molar-refractivity contribution is -0.134. The van der Waals surface area contributed by atoms with Crippen LogP contribution in [0.3, 0.4) is 0 Å². The van der Waals surface area contributed by atoms with Crippen LogP contribution in [0.25, 0.3) is 0 Å². The molecule has 2 aliphatic rings. The summed E-state index contributed by atoms with van der Waals surface area (Å²) in [4.78, 5) is 47.2. The number of nitrogens with one attached hydrogen (secondary N) is 3. The molecule has 2 heterocycles. The van der Waals surface area contributed by atoms with Gasteiger partial charge in [-0.25, -0.2) is 0 Å². The van der Waals surface area contributed by atoms with E-state index in [1.807, 2.05) is 0 Å². The van der Waals surface area contributed by atoms with E-state index in [-0.39, 0.29) is 30.6 Å². The van der Waals surface area contributed by atoms with Gasteiger partial charge in [-0.2, -0.15) is 0 Å². The SMILES string of the molecule is CNCc1c(C2CCC(=O)NC2=O)ccc2c1C(=O)NC2=O.Cl. The van der Waals surface area contributed by atoms with Gasteiger partial charge >= 0.3 is 0 Å². The molecule has 23 heavy (non-hydrogen) atoms. The molecule has 8 heteroatoms. The fourth-order valence-corrected chi connectivity index (χ4v) is 3.03. The Labute approximate surface area is 138 Å². The van der Waals surface area contributed by atoms with Gasteiger partial charge in [0.05, 0.1) is 17.0 Å². The van der Waals surface area contributed by atoms with Crippen molar-refractivity contribution in [2.24, 2.45) is 0 Å². The van der Waals surface area contributed by atoms with Crippen molar-refractivity contribution in [2.45, 2.75) is 25.3 Å². The molecule has 1 unspecified atom stereocenters. The van der Waals surface area contributed by atoms with Crippen molar-refractivity contribution in [3.05, 3.63) is 34.4 Å². The molecule has 1 aromatic rings. The van der Waals surface area contributed by atoms with E-state index in [2.05, 4.69) is 16.0 Å². The van der Waals surface area contributed by atoms with Gasteiger partial charge in [-0.05, 0) is 30.7 Å². The predicted octanol–water partition coefficient (Wildman–Crippen LogP) is 0.232. The maximum atomic E-state index is 12.1. The molecule has 0 aromatic heterocycles. The Morgan fingerprint density at radius 3 is 2.52 bits per heavy atom. The lowest BCUT2D eigenvalue weighted by Crippen LogP contribution is -2.40. The summed E-state index contributed by atoms with van der Waals surface area (Å²) in [6.07, 6.45) is 0.660. The summed E-state index contributed by atoms with van der Waals surface area (Å²) in [6, 6.07) is 3.26. The summed E-state index contributed by atoms with van der Waals surface area (Å²) in [5.74, 6) is -2.01. The second-order valence-electron chi connectivity index (χ2n) is 5.37. The summed E-state index contributed by atoms with van der Waals surface area (Å²) in [7, 11) is 1.72. The van der Waals surface area contributed by atoms with Crippen LogP contribution in [0.4, 0.5) is 0 Å². The van der Waals surface area contributed by atoms with Crippen molar-refractivity contribution in [3.63, 3.8) is 0 Å². The average Bonchev–Trinajstić information content (AvgIpc) is 2.75. The van der Waals surface area contributed by atoms with Crippen LogP contribution < -0.4 is 16.0 Å². The lowest BCUT2D eigenvalue weighted by Gasteiger charge is -2.24. The number of benzene rings is 1. The van der Waals surface area contributed by atoms with Gasteiger partial charge in [0, 0.05) is 13.0 Å². The minimum atomic E-state index is -0.491. The van der Waals surface area contributed by atoms with Crippen molar-refractivity contribution < 1.29 is 19.2 Å². The first-order chi connectivity index (χ1) is 10.5. The molecule has 2 aliphatic heterocycles. The number of carbonyl (C=O) groups is 4. The topological polar surface area (TPSA) is 104 Å². The monoisotopic (exact) mass is 337 g/mol. The Kier molecular flexibility index (Phi) is 4.82. The van der Waals surface area contributed by atoms with Gasteiger partial charge in [0.25, 0.3) is 11.8 Å². The Balaban J connectivity index is 0.00000192. The third-order valence-electron chi connectivity index (χ3n) is 4.02. The Hall–Kier alpha value is -2.25. The van der Waals surface area contributed by atoms with Gasteiger partial charge in [0.15, 0.2) is 0 Å². The predicted molar refractivity (Wildman–Crippen MR) is 83.4 cm³/mol. The summed E-state index contributed by atoms with van der Waals surface area (Å²) in [5.41, 5.74) is 1.97. The number of piperidine rings is 1. The van der Waals surface area contributed by atoms with Crippen LogP contribution in [-0.4, -0.2) is 30.7 Å². The first-order valence-electron chi connectivity index (χ1n) is 7.02. The van der Waals surface area contributed by atoms with Crippen LogP contribution >= 0.6 is 12.4 Å². The zero-order chi connectivity index (χ0) is 15.9. The number of hydrogen-bond acceptors (Lipinski definition) is 5. The molecule has 4 amide bonds. The number of fused-ring (bicyclic) bond motifs is 1. The van der Waals surface area contributed by atoms with Crippen LogP contribution in [-0.2, 0) is 16.1 Å². The van der Waals surface area contributed by atoms with Gasteiger partial charge in [0.1, 0.15) is 0 Å². The van der Waals surface area contributed by atoms with Gasteiger partial charge in [-0.15, -0.1) is 12.4 Å². The Bertz CT molecular complexity index is 717. The van der Waals surface area contributed by atoms with Gasteiger partial charge in [-0.3, -0.25) is 29.8 Å². The average molecular weight is 338 g/mol.